The van der Waals surface area contributed by atoms with Gasteiger partial charge in [0, 0.05) is 12.3 Å². The standard InChI is InChI=1S/C12H15NO/c1-14-11-6-4-5-10(9-11)12-7-2-3-8-13-12/h4-6,9H,2-3,7-8H2,1H3. The van der Waals surface area contributed by atoms with Crippen molar-refractivity contribution >= 4 is 5.71 Å². The average Bonchev–Trinajstić information content (AvgIpc) is 2.30. The van der Waals surface area contributed by atoms with E-state index in [4.69, 9.17) is 4.74 Å². The molecule has 0 saturated carbocycles. The van der Waals surface area contributed by atoms with Gasteiger partial charge >= 0.3 is 0 Å². The van der Waals surface area contributed by atoms with E-state index in [-0.39, 0.29) is 0 Å². The van der Waals surface area contributed by atoms with Crippen LogP contribution in [-0.2, 0) is 0 Å². The van der Waals surface area contributed by atoms with Crippen molar-refractivity contribution in [3.05, 3.63) is 29.8 Å². The maximum Gasteiger partial charge on any atom is 0.119 e. The SMILES string of the molecule is COc1cccc(C2=NCCCC2)c1. The first-order chi connectivity index (χ1) is 6.90. The summed E-state index contributed by atoms with van der Waals surface area (Å²) in [6.07, 6.45) is 3.59. The Kier molecular flexibility index (Phi) is 2.82. The van der Waals surface area contributed by atoms with Gasteiger partial charge in [0.2, 0.25) is 0 Å². The van der Waals surface area contributed by atoms with Gasteiger partial charge in [-0.05, 0) is 37.0 Å². The summed E-state index contributed by atoms with van der Waals surface area (Å²) in [5.41, 5.74) is 2.44. The average molecular weight is 189 g/mol. The highest BCUT2D eigenvalue weighted by Crippen LogP contribution is 2.18. The normalized spacial score (nSPS) is 16.2. The molecule has 74 valence electrons. The van der Waals surface area contributed by atoms with Crippen LogP contribution in [0.25, 0.3) is 0 Å². The van der Waals surface area contributed by atoms with Crippen molar-refractivity contribution in [1.82, 2.24) is 0 Å². The lowest BCUT2D eigenvalue weighted by molar-refractivity contribution is 0.414. The molecule has 1 heterocycles. The van der Waals surface area contributed by atoms with Gasteiger partial charge in [0.1, 0.15) is 5.75 Å². The zero-order chi connectivity index (χ0) is 9.80. The van der Waals surface area contributed by atoms with E-state index in [1.807, 2.05) is 12.1 Å². The van der Waals surface area contributed by atoms with Crippen LogP contribution in [-0.4, -0.2) is 19.4 Å². The molecule has 1 aliphatic rings. The van der Waals surface area contributed by atoms with Gasteiger partial charge < -0.3 is 4.74 Å². The van der Waals surface area contributed by atoms with Gasteiger partial charge in [-0.3, -0.25) is 4.99 Å². The van der Waals surface area contributed by atoms with Crippen molar-refractivity contribution in [2.75, 3.05) is 13.7 Å². The maximum atomic E-state index is 5.19. The lowest BCUT2D eigenvalue weighted by Gasteiger charge is -2.12. The van der Waals surface area contributed by atoms with Crippen LogP contribution in [0.2, 0.25) is 0 Å². The predicted molar refractivity (Wildman–Crippen MR) is 58.2 cm³/mol. The Balaban J connectivity index is 2.26. The summed E-state index contributed by atoms with van der Waals surface area (Å²) in [4.78, 5) is 4.54. The molecular formula is C12H15NO. The third-order valence-electron chi connectivity index (χ3n) is 2.53. The molecule has 0 atom stereocenters. The van der Waals surface area contributed by atoms with Crippen molar-refractivity contribution in [2.45, 2.75) is 19.3 Å². The molecule has 2 rings (SSSR count). The summed E-state index contributed by atoms with van der Waals surface area (Å²) in [7, 11) is 1.70. The summed E-state index contributed by atoms with van der Waals surface area (Å²) >= 11 is 0. The molecule has 1 aromatic carbocycles. The lowest BCUT2D eigenvalue weighted by Crippen LogP contribution is -2.07. The van der Waals surface area contributed by atoms with Crippen LogP contribution in [0.15, 0.2) is 29.3 Å². The molecule has 0 N–H and O–H groups in total. The monoisotopic (exact) mass is 189 g/mol. The van der Waals surface area contributed by atoms with Crippen LogP contribution in [0.1, 0.15) is 24.8 Å². The minimum atomic E-state index is 0.913. The van der Waals surface area contributed by atoms with Gasteiger partial charge in [0.25, 0.3) is 0 Å². The van der Waals surface area contributed by atoms with Gasteiger partial charge in [-0.25, -0.2) is 0 Å². The fourth-order valence-corrected chi connectivity index (χ4v) is 1.74. The van der Waals surface area contributed by atoms with Crippen molar-refractivity contribution in [1.29, 1.82) is 0 Å². The summed E-state index contributed by atoms with van der Waals surface area (Å²) in [5, 5.41) is 0. The molecule has 0 spiro atoms. The molecule has 2 heteroatoms. The molecule has 2 nitrogen and oxygen atoms in total. The van der Waals surface area contributed by atoms with Crippen molar-refractivity contribution in [3.8, 4) is 5.75 Å². The van der Waals surface area contributed by atoms with Gasteiger partial charge in [-0.2, -0.15) is 0 Å². The number of methoxy groups -OCH3 is 1. The van der Waals surface area contributed by atoms with Crippen molar-refractivity contribution in [3.63, 3.8) is 0 Å². The minimum Gasteiger partial charge on any atom is -0.497 e. The summed E-state index contributed by atoms with van der Waals surface area (Å²) < 4.78 is 5.19. The first kappa shape index (κ1) is 9.25. The summed E-state index contributed by atoms with van der Waals surface area (Å²) in [6, 6.07) is 8.15. The Bertz CT molecular complexity index is 344. The second-order valence-corrected chi connectivity index (χ2v) is 3.52. The van der Waals surface area contributed by atoms with Gasteiger partial charge in [-0.1, -0.05) is 12.1 Å². The van der Waals surface area contributed by atoms with E-state index in [0.29, 0.717) is 0 Å². The van der Waals surface area contributed by atoms with Gasteiger partial charge in [-0.15, -0.1) is 0 Å². The predicted octanol–water partition coefficient (Wildman–Crippen LogP) is 2.67. The Hall–Kier alpha value is -1.31. The number of rotatable bonds is 2. The van der Waals surface area contributed by atoms with Crippen molar-refractivity contribution < 1.29 is 4.74 Å². The Morgan fingerprint density at radius 2 is 2.21 bits per heavy atom. The van der Waals surface area contributed by atoms with Gasteiger partial charge in [0.05, 0.1) is 7.11 Å². The highest BCUT2D eigenvalue weighted by Gasteiger charge is 2.07. The van der Waals surface area contributed by atoms with E-state index in [1.54, 1.807) is 7.11 Å². The van der Waals surface area contributed by atoms with E-state index in [1.165, 1.54) is 24.1 Å². The van der Waals surface area contributed by atoms with Crippen LogP contribution in [0, 0.1) is 0 Å². The Morgan fingerprint density at radius 3 is 2.93 bits per heavy atom. The van der Waals surface area contributed by atoms with E-state index in [2.05, 4.69) is 17.1 Å². The number of ether oxygens (including phenoxy) is 1. The Morgan fingerprint density at radius 1 is 1.29 bits per heavy atom. The van der Waals surface area contributed by atoms with Crippen LogP contribution >= 0.6 is 0 Å². The highest BCUT2D eigenvalue weighted by molar-refractivity contribution is 6.01. The van der Waals surface area contributed by atoms with Crippen LogP contribution in [0.4, 0.5) is 0 Å². The maximum absolute atomic E-state index is 5.19. The number of hydrogen-bond acceptors (Lipinski definition) is 2. The molecule has 0 amide bonds. The molecule has 0 aromatic heterocycles. The molecule has 1 aliphatic heterocycles. The first-order valence-corrected chi connectivity index (χ1v) is 5.08. The van der Waals surface area contributed by atoms with E-state index in [0.717, 1.165) is 18.7 Å². The highest BCUT2D eigenvalue weighted by atomic mass is 16.5. The smallest absolute Gasteiger partial charge is 0.119 e. The van der Waals surface area contributed by atoms with Crippen LogP contribution in [0.3, 0.4) is 0 Å². The number of nitrogens with zero attached hydrogens (tertiary/aromatic N) is 1. The van der Waals surface area contributed by atoms with Crippen LogP contribution in [0.5, 0.6) is 5.75 Å². The largest absolute Gasteiger partial charge is 0.497 e. The number of benzene rings is 1. The van der Waals surface area contributed by atoms with Crippen molar-refractivity contribution in [2.24, 2.45) is 4.99 Å². The number of hydrogen-bond donors (Lipinski definition) is 0. The quantitative estimate of drug-likeness (QED) is 0.701. The van der Waals surface area contributed by atoms with Crippen LogP contribution < -0.4 is 4.74 Å². The van der Waals surface area contributed by atoms with E-state index < -0.39 is 0 Å². The summed E-state index contributed by atoms with van der Waals surface area (Å²) in [5.74, 6) is 0.913. The fourth-order valence-electron chi connectivity index (χ4n) is 1.74. The lowest BCUT2D eigenvalue weighted by atomic mass is 10.0. The zero-order valence-corrected chi connectivity index (χ0v) is 8.49. The van der Waals surface area contributed by atoms with E-state index >= 15 is 0 Å². The minimum absolute atomic E-state index is 0.913. The molecule has 0 bridgehead atoms. The molecule has 14 heavy (non-hydrogen) atoms. The Labute approximate surface area is 84.6 Å². The fraction of sp³-hybridized carbons (Fsp3) is 0.417. The second kappa shape index (κ2) is 4.27. The molecule has 0 fully saturated rings. The molecule has 0 unspecified atom stereocenters. The number of aliphatic imine (C=N–C) groups is 1. The topological polar surface area (TPSA) is 21.6 Å². The van der Waals surface area contributed by atoms with E-state index in [9.17, 15) is 0 Å². The third-order valence-corrected chi connectivity index (χ3v) is 2.53. The molecule has 0 aliphatic carbocycles. The molecular weight excluding hydrogens is 174 g/mol. The molecule has 0 radical (unpaired) electrons. The molecule has 0 saturated heterocycles. The zero-order valence-electron chi connectivity index (χ0n) is 8.49. The summed E-state index contributed by atoms with van der Waals surface area (Å²) in [6.45, 7) is 0.979. The first-order valence-electron chi connectivity index (χ1n) is 5.08. The third kappa shape index (κ3) is 1.95. The van der Waals surface area contributed by atoms with Gasteiger partial charge in [0.15, 0.2) is 0 Å². The molecule has 1 aromatic rings. The second-order valence-electron chi connectivity index (χ2n) is 3.52.